The van der Waals surface area contributed by atoms with Gasteiger partial charge in [-0.15, -0.1) is 0 Å². The highest BCUT2D eigenvalue weighted by Crippen LogP contribution is 2.30. The average Bonchev–Trinajstić information content (AvgIpc) is 2.33. The molecule has 0 aromatic rings. The van der Waals surface area contributed by atoms with E-state index in [1.807, 2.05) is 0 Å². The molecule has 4 atom stereocenters. The number of rotatable bonds is 4. The average molecular weight is 207 g/mol. The Morgan fingerprint density at radius 1 is 1.43 bits per heavy atom. The maximum atomic E-state index is 9.75. The lowest BCUT2D eigenvalue weighted by Gasteiger charge is -2.25. The molecule has 0 aromatic carbocycles. The lowest BCUT2D eigenvalue weighted by atomic mass is 10.0. The maximum Gasteiger partial charge on any atom is 0.207 e. The third-order valence-corrected chi connectivity index (χ3v) is 2.37. The molecule has 1 heterocycles. The molecule has 1 saturated heterocycles. The number of hydrogen-bond acceptors (Lipinski definition) is 6. The molecule has 1 aliphatic rings. The molecular formula is C8H17NO5. The first kappa shape index (κ1) is 11.8. The van der Waals surface area contributed by atoms with Gasteiger partial charge in [0.25, 0.3) is 0 Å². The molecule has 0 aromatic heterocycles. The van der Waals surface area contributed by atoms with Crippen LogP contribution < -0.4 is 5.32 Å². The van der Waals surface area contributed by atoms with E-state index in [-0.39, 0.29) is 19.6 Å². The topological polar surface area (TPSA) is 102 Å². The second kappa shape index (κ2) is 4.52. The first-order valence-corrected chi connectivity index (χ1v) is 4.57. The van der Waals surface area contributed by atoms with Crippen molar-refractivity contribution in [2.75, 3.05) is 20.2 Å². The Bertz CT molecular complexity index is 191. The van der Waals surface area contributed by atoms with Crippen molar-refractivity contribution in [3.05, 3.63) is 0 Å². The van der Waals surface area contributed by atoms with Crippen LogP contribution in [-0.4, -0.2) is 64.7 Å². The minimum Gasteiger partial charge on any atom is -0.396 e. The van der Waals surface area contributed by atoms with E-state index in [2.05, 4.69) is 5.32 Å². The van der Waals surface area contributed by atoms with Crippen LogP contribution in [0.4, 0.5) is 0 Å². The molecule has 0 bridgehead atoms. The molecule has 0 radical (unpaired) electrons. The van der Waals surface area contributed by atoms with Gasteiger partial charge in [0.2, 0.25) is 5.79 Å². The number of aliphatic hydroxyl groups excluding tert-OH is 3. The fourth-order valence-corrected chi connectivity index (χ4v) is 1.63. The second-order valence-corrected chi connectivity index (χ2v) is 3.48. The SMILES string of the molecule is CNC[C@@]1(O)O[C@H](CCO)[C@@H](O)[C@@H]1O. The van der Waals surface area contributed by atoms with Crippen LogP contribution in [0.5, 0.6) is 0 Å². The van der Waals surface area contributed by atoms with Crippen molar-refractivity contribution in [3.63, 3.8) is 0 Å². The van der Waals surface area contributed by atoms with Crippen molar-refractivity contribution in [2.45, 2.75) is 30.5 Å². The molecule has 0 unspecified atom stereocenters. The van der Waals surface area contributed by atoms with Crippen molar-refractivity contribution < 1.29 is 25.2 Å². The second-order valence-electron chi connectivity index (χ2n) is 3.48. The minimum atomic E-state index is -1.77. The summed E-state index contributed by atoms with van der Waals surface area (Å²) in [4.78, 5) is 0. The van der Waals surface area contributed by atoms with Crippen LogP contribution in [0, 0.1) is 0 Å². The first-order chi connectivity index (χ1) is 6.55. The van der Waals surface area contributed by atoms with Crippen LogP contribution in [0.25, 0.3) is 0 Å². The third kappa shape index (κ3) is 2.05. The summed E-state index contributed by atoms with van der Waals surface area (Å²) in [6.07, 6.45) is -3.06. The zero-order valence-corrected chi connectivity index (χ0v) is 8.05. The van der Waals surface area contributed by atoms with E-state index in [9.17, 15) is 15.3 Å². The van der Waals surface area contributed by atoms with E-state index in [4.69, 9.17) is 9.84 Å². The number of ether oxygens (including phenoxy) is 1. The number of aliphatic hydroxyl groups is 4. The zero-order chi connectivity index (χ0) is 10.8. The van der Waals surface area contributed by atoms with E-state index >= 15 is 0 Å². The number of nitrogens with one attached hydrogen (secondary N) is 1. The van der Waals surface area contributed by atoms with E-state index < -0.39 is 24.1 Å². The monoisotopic (exact) mass is 207 g/mol. The molecule has 84 valence electrons. The molecule has 6 heteroatoms. The van der Waals surface area contributed by atoms with Crippen LogP contribution in [0.2, 0.25) is 0 Å². The molecule has 1 rings (SSSR count). The van der Waals surface area contributed by atoms with Gasteiger partial charge in [0.15, 0.2) is 0 Å². The quantitative estimate of drug-likeness (QED) is 0.346. The van der Waals surface area contributed by atoms with Crippen LogP contribution in [0.3, 0.4) is 0 Å². The van der Waals surface area contributed by atoms with Crippen LogP contribution in [0.15, 0.2) is 0 Å². The predicted molar refractivity (Wildman–Crippen MR) is 47.5 cm³/mol. The molecule has 6 nitrogen and oxygen atoms in total. The van der Waals surface area contributed by atoms with E-state index in [0.717, 1.165) is 0 Å². The van der Waals surface area contributed by atoms with Gasteiger partial charge in [0.1, 0.15) is 12.2 Å². The predicted octanol–water partition coefficient (Wildman–Crippen LogP) is -2.60. The van der Waals surface area contributed by atoms with Gasteiger partial charge in [-0.05, 0) is 13.5 Å². The third-order valence-electron chi connectivity index (χ3n) is 2.37. The van der Waals surface area contributed by atoms with Gasteiger partial charge in [0.05, 0.1) is 12.6 Å². The summed E-state index contributed by atoms with van der Waals surface area (Å²) in [5.74, 6) is -1.77. The molecule has 1 fully saturated rings. The normalized spacial score (nSPS) is 43.1. The Morgan fingerprint density at radius 2 is 2.07 bits per heavy atom. The smallest absolute Gasteiger partial charge is 0.207 e. The highest BCUT2D eigenvalue weighted by molar-refractivity contribution is 4.96. The molecule has 5 N–H and O–H groups in total. The lowest BCUT2D eigenvalue weighted by molar-refractivity contribution is -0.224. The summed E-state index contributed by atoms with van der Waals surface area (Å²) in [5.41, 5.74) is 0. The van der Waals surface area contributed by atoms with E-state index in [1.165, 1.54) is 0 Å². The van der Waals surface area contributed by atoms with Gasteiger partial charge in [-0.25, -0.2) is 0 Å². The molecule has 0 aliphatic carbocycles. The zero-order valence-electron chi connectivity index (χ0n) is 8.05. The molecule has 0 amide bonds. The van der Waals surface area contributed by atoms with E-state index in [0.29, 0.717) is 0 Å². The first-order valence-electron chi connectivity index (χ1n) is 4.57. The summed E-state index contributed by atoms with van der Waals surface area (Å²) in [6, 6.07) is 0. The summed E-state index contributed by atoms with van der Waals surface area (Å²) in [7, 11) is 1.60. The van der Waals surface area contributed by atoms with E-state index in [1.54, 1.807) is 7.05 Å². The fourth-order valence-electron chi connectivity index (χ4n) is 1.63. The molecule has 14 heavy (non-hydrogen) atoms. The largest absolute Gasteiger partial charge is 0.396 e. The lowest BCUT2D eigenvalue weighted by Crippen LogP contribution is -2.49. The van der Waals surface area contributed by atoms with Crippen molar-refractivity contribution >= 4 is 0 Å². The number of likely N-dealkylation sites (N-methyl/N-ethyl adjacent to an activating group) is 1. The molecule has 1 aliphatic heterocycles. The van der Waals surface area contributed by atoms with Crippen LogP contribution in [0.1, 0.15) is 6.42 Å². The Hall–Kier alpha value is -0.240. The van der Waals surface area contributed by atoms with Crippen LogP contribution in [-0.2, 0) is 4.74 Å². The Kier molecular flexibility index (Phi) is 3.82. The van der Waals surface area contributed by atoms with Crippen LogP contribution >= 0.6 is 0 Å². The standard InChI is InChI=1S/C8H17NO5/c1-9-4-8(13)7(12)6(11)5(14-8)2-3-10/h5-7,9-13H,2-4H2,1H3/t5-,6-,7+,8-/m1/s1. The van der Waals surface area contributed by atoms with Crippen molar-refractivity contribution in [1.82, 2.24) is 5.32 Å². The summed E-state index contributed by atoms with van der Waals surface area (Å²) >= 11 is 0. The Morgan fingerprint density at radius 3 is 2.57 bits per heavy atom. The molecule has 0 saturated carbocycles. The summed E-state index contributed by atoms with van der Waals surface area (Å²) < 4.78 is 5.09. The maximum absolute atomic E-state index is 9.75. The van der Waals surface area contributed by atoms with Crippen molar-refractivity contribution in [3.8, 4) is 0 Å². The Balaban J connectivity index is 2.65. The molecular weight excluding hydrogens is 190 g/mol. The van der Waals surface area contributed by atoms with Gasteiger partial charge >= 0.3 is 0 Å². The van der Waals surface area contributed by atoms with Gasteiger partial charge in [0, 0.05) is 6.61 Å². The van der Waals surface area contributed by atoms with Gasteiger partial charge in [-0.2, -0.15) is 0 Å². The minimum absolute atomic E-state index is 0.0210. The molecule has 0 spiro atoms. The van der Waals surface area contributed by atoms with Gasteiger partial charge in [-0.1, -0.05) is 0 Å². The summed E-state index contributed by atoms with van der Waals surface area (Å²) in [5, 5.41) is 40.0. The summed E-state index contributed by atoms with van der Waals surface area (Å²) in [6.45, 7) is -0.142. The Labute approximate surface area is 82.1 Å². The fraction of sp³-hybridized carbons (Fsp3) is 1.00. The number of hydrogen-bond donors (Lipinski definition) is 5. The van der Waals surface area contributed by atoms with Gasteiger partial charge in [-0.3, -0.25) is 0 Å². The van der Waals surface area contributed by atoms with Crippen molar-refractivity contribution in [1.29, 1.82) is 0 Å². The van der Waals surface area contributed by atoms with Gasteiger partial charge < -0.3 is 30.5 Å². The van der Waals surface area contributed by atoms with Crippen molar-refractivity contribution in [2.24, 2.45) is 0 Å². The highest BCUT2D eigenvalue weighted by atomic mass is 16.7. The highest BCUT2D eigenvalue weighted by Gasteiger charge is 2.52.